The summed E-state index contributed by atoms with van der Waals surface area (Å²) in [5.41, 5.74) is 1.40. The molecule has 0 saturated heterocycles. The number of carbonyl (C=O) groups excluding carboxylic acids is 1. The first-order valence-corrected chi connectivity index (χ1v) is 13.3. The van der Waals surface area contributed by atoms with E-state index in [1.165, 1.54) is 12.1 Å². The molecule has 0 spiro atoms. The molecule has 2 aliphatic rings. The molecule has 170 valence electrons. The highest BCUT2D eigenvalue weighted by Gasteiger charge is 2.32. The number of aromatic nitrogens is 1. The number of hydrogen-bond acceptors (Lipinski definition) is 6. The van der Waals surface area contributed by atoms with E-state index in [1.807, 2.05) is 30.3 Å². The molecule has 0 fully saturated rings. The third-order valence-electron chi connectivity index (χ3n) is 5.94. The molecule has 2 N–H and O–H groups in total. The van der Waals surface area contributed by atoms with Gasteiger partial charge in [0.15, 0.2) is 0 Å². The van der Waals surface area contributed by atoms with Crippen molar-refractivity contribution in [1.82, 2.24) is 9.71 Å². The maximum atomic E-state index is 13.3. The van der Waals surface area contributed by atoms with Gasteiger partial charge in [-0.05, 0) is 49.6 Å². The standard InChI is InChI=1S/C24H24N4O3S2/c29-23(18-9-1-2-10-19(18)24-27-20-11-3-4-12-21(20)32-24)26-16-7-5-8-17(15-16)33(30,31)28-22-13-6-14-25-22/h1-5,7-8,11-12,15,18-19H,6,9-10,13-14H2,(H,25,28)(H,26,29). The molecule has 2 unspecified atom stereocenters. The lowest BCUT2D eigenvalue weighted by atomic mass is 9.82. The first kappa shape index (κ1) is 21.8. The van der Waals surface area contributed by atoms with Crippen molar-refractivity contribution in [3.63, 3.8) is 0 Å². The van der Waals surface area contributed by atoms with Crippen molar-refractivity contribution in [1.29, 1.82) is 0 Å². The quantitative estimate of drug-likeness (QED) is 0.527. The molecule has 7 nitrogen and oxygen atoms in total. The van der Waals surface area contributed by atoms with Crippen LogP contribution in [-0.4, -0.2) is 31.7 Å². The summed E-state index contributed by atoms with van der Waals surface area (Å²) in [6.07, 6.45) is 6.97. The summed E-state index contributed by atoms with van der Waals surface area (Å²) in [6.45, 7) is 0.639. The van der Waals surface area contributed by atoms with Crippen LogP contribution in [0.5, 0.6) is 0 Å². The summed E-state index contributed by atoms with van der Waals surface area (Å²) >= 11 is 1.63. The van der Waals surface area contributed by atoms with Crippen LogP contribution in [0.25, 0.3) is 10.2 Å². The summed E-state index contributed by atoms with van der Waals surface area (Å²) in [6, 6.07) is 14.3. The molecule has 0 bridgehead atoms. The number of amidine groups is 1. The van der Waals surface area contributed by atoms with E-state index in [0.717, 1.165) is 28.1 Å². The molecule has 1 amide bonds. The van der Waals surface area contributed by atoms with Gasteiger partial charge in [-0.2, -0.15) is 0 Å². The molecule has 2 atom stereocenters. The molecule has 3 aromatic rings. The lowest BCUT2D eigenvalue weighted by Gasteiger charge is -2.26. The zero-order chi connectivity index (χ0) is 22.8. The summed E-state index contributed by atoms with van der Waals surface area (Å²) < 4.78 is 29.1. The third kappa shape index (κ3) is 4.69. The van der Waals surface area contributed by atoms with E-state index in [1.54, 1.807) is 23.5 Å². The Morgan fingerprint density at radius 1 is 1.06 bits per heavy atom. The molecule has 2 heterocycles. The van der Waals surface area contributed by atoms with Gasteiger partial charge in [0, 0.05) is 24.6 Å². The fraction of sp³-hybridized carbons (Fsp3) is 0.292. The monoisotopic (exact) mass is 480 g/mol. The van der Waals surface area contributed by atoms with Gasteiger partial charge in [0.2, 0.25) is 5.91 Å². The molecule has 1 aromatic heterocycles. The van der Waals surface area contributed by atoms with E-state index in [2.05, 4.69) is 21.1 Å². The van der Waals surface area contributed by atoms with Crippen molar-refractivity contribution >= 4 is 49.0 Å². The van der Waals surface area contributed by atoms with Gasteiger partial charge in [0.25, 0.3) is 10.0 Å². The molecule has 1 aliphatic heterocycles. The number of nitrogens with zero attached hydrogens (tertiary/aromatic N) is 2. The molecule has 1 aliphatic carbocycles. The van der Waals surface area contributed by atoms with Gasteiger partial charge in [0.05, 0.1) is 26.0 Å². The van der Waals surface area contributed by atoms with Crippen LogP contribution in [0.3, 0.4) is 0 Å². The Labute approximate surface area is 196 Å². The van der Waals surface area contributed by atoms with Gasteiger partial charge in [-0.25, -0.2) is 13.4 Å². The molecule has 0 saturated carbocycles. The minimum absolute atomic E-state index is 0.0126. The number of aliphatic imine (C=N–C) groups is 1. The number of hydrogen-bond donors (Lipinski definition) is 2. The predicted molar refractivity (Wildman–Crippen MR) is 131 cm³/mol. The number of fused-ring (bicyclic) bond motifs is 1. The molecular formula is C24H24N4O3S2. The first-order chi connectivity index (χ1) is 16.0. The fourth-order valence-corrected chi connectivity index (χ4v) is 6.52. The SMILES string of the molecule is O=C(Nc1cccc(S(=O)(=O)NC2=NCCC2)c1)C1CC=CCC1c1nc2ccccc2s1. The van der Waals surface area contributed by atoms with Crippen molar-refractivity contribution < 1.29 is 13.2 Å². The van der Waals surface area contributed by atoms with Crippen LogP contribution in [0.1, 0.15) is 36.6 Å². The summed E-state index contributed by atoms with van der Waals surface area (Å²) in [7, 11) is -3.75. The number of nitrogens with one attached hydrogen (secondary N) is 2. The number of amides is 1. The second kappa shape index (κ2) is 9.07. The van der Waals surface area contributed by atoms with E-state index < -0.39 is 10.0 Å². The van der Waals surface area contributed by atoms with Crippen LogP contribution in [0.15, 0.2) is 70.6 Å². The lowest BCUT2D eigenvalue weighted by Crippen LogP contribution is -2.30. The largest absolute Gasteiger partial charge is 0.326 e. The second-order valence-electron chi connectivity index (χ2n) is 8.23. The maximum Gasteiger partial charge on any atom is 0.262 e. The molecular weight excluding hydrogens is 456 g/mol. The van der Waals surface area contributed by atoms with Crippen LogP contribution in [0.4, 0.5) is 5.69 Å². The van der Waals surface area contributed by atoms with Crippen molar-refractivity contribution in [2.24, 2.45) is 10.9 Å². The number of anilines is 1. The van der Waals surface area contributed by atoms with Gasteiger partial charge < -0.3 is 5.32 Å². The topological polar surface area (TPSA) is 101 Å². The van der Waals surface area contributed by atoms with Crippen molar-refractivity contribution in [3.05, 3.63) is 65.7 Å². The Bertz CT molecular complexity index is 1330. The summed E-state index contributed by atoms with van der Waals surface area (Å²) in [4.78, 5) is 22.3. The third-order valence-corrected chi connectivity index (χ3v) is 8.48. The molecule has 2 aromatic carbocycles. The lowest BCUT2D eigenvalue weighted by molar-refractivity contribution is -0.120. The zero-order valence-corrected chi connectivity index (χ0v) is 19.5. The highest BCUT2D eigenvalue weighted by molar-refractivity contribution is 7.90. The van der Waals surface area contributed by atoms with Gasteiger partial charge in [-0.15, -0.1) is 11.3 Å². The van der Waals surface area contributed by atoms with E-state index in [4.69, 9.17) is 4.98 Å². The number of rotatable bonds is 5. The van der Waals surface area contributed by atoms with Crippen LogP contribution < -0.4 is 10.0 Å². The van der Waals surface area contributed by atoms with Crippen molar-refractivity contribution in [3.8, 4) is 0 Å². The first-order valence-electron chi connectivity index (χ1n) is 11.0. The Morgan fingerprint density at radius 3 is 2.73 bits per heavy atom. The van der Waals surface area contributed by atoms with E-state index >= 15 is 0 Å². The molecule has 33 heavy (non-hydrogen) atoms. The maximum absolute atomic E-state index is 13.3. The fourth-order valence-electron chi connectivity index (χ4n) is 4.24. The van der Waals surface area contributed by atoms with E-state index in [9.17, 15) is 13.2 Å². The molecule has 5 rings (SSSR count). The van der Waals surface area contributed by atoms with E-state index in [0.29, 0.717) is 30.9 Å². The number of carbonyl (C=O) groups is 1. The van der Waals surface area contributed by atoms with Crippen molar-refractivity contribution in [2.45, 2.75) is 36.5 Å². The number of sulfonamides is 1. The Hall–Kier alpha value is -3.04. The molecule has 0 radical (unpaired) electrons. The zero-order valence-electron chi connectivity index (χ0n) is 17.9. The highest BCUT2D eigenvalue weighted by Crippen LogP contribution is 2.39. The summed E-state index contributed by atoms with van der Waals surface area (Å²) in [5, 5.41) is 3.89. The van der Waals surface area contributed by atoms with Gasteiger partial charge >= 0.3 is 0 Å². The smallest absolute Gasteiger partial charge is 0.262 e. The van der Waals surface area contributed by atoms with Crippen molar-refractivity contribution in [2.75, 3.05) is 11.9 Å². The van der Waals surface area contributed by atoms with Crippen LogP contribution in [0, 0.1) is 5.92 Å². The van der Waals surface area contributed by atoms with Crippen LogP contribution in [-0.2, 0) is 14.8 Å². The average molecular weight is 481 g/mol. The Balaban J connectivity index is 1.35. The van der Waals surface area contributed by atoms with Gasteiger partial charge in [-0.3, -0.25) is 14.5 Å². The minimum atomic E-state index is -3.75. The average Bonchev–Trinajstić information content (AvgIpc) is 3.48. The van der Waals surface area contributed by atoms with Gasteiger partial charge in [-0.1, -0.05) is 30.4 Å². The predicted octanol–water partition coefficient (Wildman–Crippen LogP) is 4.46. The molecule has 9 heteroatoms. The minimum Gasteiger partial charge on any atom is -0.326 e. The van der Waals surface area contributed by atoms with Crippen LogP contribution in [0.2, 0.25) is 0 Å². The number of para-hydroxylation sites is 1. The number of thiazole rings is 1. The van der Waals surface area contributed by atoms with E-state index in [-0.39, 0.29) is 22.6 Å². The Morgan fingerprint density at radius 2 is 1.91 bits per heavy atom. The second-order valence-corrected chi connectivity index (χ2v) is 11.0. The number of allylic oxidation sites excluding steroid dienone is 2. The van der Waals surface area contributed by atoms with Gasteiger partial charge in [0.1, 0.15) is 5.84 Å². The normalized spacial score (nSPS) is 20.5. The highest BCUT2D eigenvalue weighted by atomic mass is 32.2. The van der Waals surface area contributed by atoms with Crippen LogP contribution >= 0.6 is 11.3 Å². The number of benzene rings is 2. The Kier molecular flexibility index (Phi) is 5.99. The summed E-state index contributed by atoms with van der Waals surface area (Å²) in [5.74, 6) is 0.0616.